The molecule has 15 heavy (non-hydrogen) atoms. The summed E-state index contributed by atoms with van der Waals surface area (Å²) in [5.41, 5.74) is 6.43. The van der Waals surface area contributed by atoms with E-state index >= 15 is 0 Å². The second-order valence-corrected chi connectivity index (χ2v) is 3.07. The lowest BCUT2D eigenvalue weighted by Crippen LogP contribution is -2.33. The minimum atomic E-state index is -0.175. The van der Waals surface area contributed by atoms with Crippen LogP contribution in [0.5, 0.6) is 0 Å². The molecule has 5 nitrogen and oxygen atoms in total. The summed E-state index contributed by atoms with van der Waals surface area (Å²) in [6.07, 6.45) is 2.97. The monoisotopic (exact) mass is 209 g/mol. The van der Waals surface area contributed by atoms with Crippen molar-refractivity contribution in [2.75, 3.05) is 25.4 Å². The maximum Gasteiger partial charge on any atom is 0.256 e. The van der Waals surface area contributed by atoms with Gasteiger partial charge in [0.2, 0.25) is 0 Å². The lowest BCUT2D eigenvalue weighted by atomic mass is 10.2. The van der Waals surface area contributed by atoms with Crippen molar-refractivity contribution in [3.8, 4) is 0 Å². The molecule has 0 aliphatic carbocycles. The maximum atomic E-state index is 11.9. The van der Waals surface area contributed by atoms with E-state index in [-0.39, 0.29) is 12.5 Å². The van der Waals surface area contributed by atoms with Crippen molar-refractivity contribution in [1.29, 1.82) is 0 Å². The van der Waals surface area contributed by atoms with Crippen LogP contribution in [0.4, 0.5) is 5.69 Å². The predicted molar refractivity (Wildman–Crippen MR) is 57.3 cm³/mol. The van der Waals surface area contributed by atoms with Crippen molar-refractivity contribution in [1.82, 2.24) is 9.88 Å². The smallest absolute Gasteiger partial charge is 0.256 e. The molecule has 0 unspecified atom stereocenters. The second-order valence-electron chi connectivity index (χ2n) is 3.07. The van der Waals surface area contributed by atoms with Crippen LogP contribution in [0.15, 0.2) is 18.5 Å². The van der Waals surface area contributed by atoms with Crippen LogP contribution in [0.2, 0.25) is 0 Å². The summed E-state index contributed by atoms with van der Waals surface area (Å²) in [4.78, 5) is 17.2. The number of nitrogen functional groups attached to an aromatic ring is 1. The second kappa shape index (κ2) is 5.31. The maximum absolute atomic E-state index is 11.9. The first-order chi connectivity index (χ1) is 7.20. The minimum Gasteiger partial charge on any atom is -0.397 e. The Hall–Kier alpha value is -1.62. The number of aliphatic hydroxyl groups excluding tert-OH is 1. The van der Waals surface area contributed by atoms with E-state index in [0.29, 0.717) is 24.3 Å². The van der Waals surface area contributed by atoms with E-state index in [2.05, 4.69) is 4.98 Å². The summed E-state index contributed by atoms with van der Waals surface area (Å²) in [6, 6.07) is 1.58. The fourth-order valence-corrected chi connectivity index (χ4v) is 1.30. The van der Waals surface area contributed by atoms with Crippen LogP contribution in [0, 0.1) is 0 Å². The van der Waals surface area contributed by atoms with Gasteiger partial charge in [0.05, 0.1) is 24.1 Å². The van der Waals surface area contributed by atoms with Crippen molar-refractivity contribution in [3.05, 3.63) is 24.0 Å². The number of amides is 1. The highest BCUT2D eigenvalue weighted by Gasteiger charge is 2.15. The first kappa shape index (κ1) is 11.5. The van der Waals surface area contributed by atoms with Crippen molar-refractivity contribution in [3.63, 3.8) is 0 Å². The Bertz CT molecular complexity index is 341. The summed E-state index contributed by atoms with van der Waals surface area (Å²) in [5.74, 6) is -0.175. The molecule has 0 spiro atoms. The Labute approximate surface area is 88.5 Å². The zero-order valence-corrected chi connectivity index (χ0v) is 8.68. The van der Waals surface area contributed by atoms with Gasteiger partial charge in [-0.15, -0.1) is 0 Å². The van der Waals surface area contributed by atoms with E-state index in [1.807, 2.05) is 6.92 Å². The summed E-state index contributed by atoms with van der Waals surface area (Å²) in [7, 11) is 0. The first-order valence-corrected chi connectivity index (χ1v) is 4.80. The Morgan fingerprint density at radius 1 is 1.67 bits per heavy atom. The Kier molecular flexibility index (Phi) is 4.05. The van der Waals surface area contributed by atoms with Gasteiger partial charge < -0.3 is 15.7 Å². The number of rotatable bonds is 4. The van der Waals surface area contributed by atoms with Gasteiger partial charge in [0.25, 0.3) is 5.91 Å². The minimum absolute atomic E-state index is 0.0510. The third-order valence-electron chi connectivity index (χ3n) is 2.12. The highest BCUT2D eigenvalue weighted by molar-refractivity contribution is 5.98. The van der Waals surface area contributed by atoms with Gasteiger partial charge in [-0.05, 0) is 13.0 Å². The number of likely N-dealkylation sites (N-methyl/N-ethyl adjacent to an activating group) is 1. The average molecular weight is 209 g/mol. The zero-order valence-electron chi connectivity index (χ0n) is 8.68. The fourth-order valence-electron chi connectivity index (χ4n) is 1.30. The SMILES string of the molecule is CCN(CCO)C(=O)c1ccncc1N. The molecule has 1 aromatic heterocycles. The molecule has 0 radical (unpaired) electrons. The third kappa shape index (κ3) is 2.66. The van der Waals surface area contributed by atoms with Gasteiger partial charge in [-0.3, -0.25) is 9.78 Å². The van der Waals surface area contributed by atoms with E-state index in [1.165, 1.54) is 17.3 Å². The summed E-state index contributed by atoms with van der Waals surface area (Å²) >= 11 is 0. The van der Waals surface area contributed by atoms with Crippen LogP contribution in [-0.2, 0) is 0 Å². The van der Waals surface area contributed by atoms with Crippen LogP contribution in [-0.4, -0.2) is 40.6 Å². The van der Waals surface area contributed by atoms with Gasteiger partial charge >= 0.3 is 0 Å². The lowest BCUT2D eigenvalue weighted by molar-refractivity contribution is 0.0733. The van der Waals surface area contributed by atoms with Gasteiger partial charge in [-0.2, -0.15) is 0 Å². The molecule has 0 fully saturated rings. The molecule has 3 N–H and O–H groups in total. The van der Waals surface area contributed by atoms with Gasteiger partial charge in [0.15, 0.2) is 0 Å². The number of nitrogens with two attached hydrogens (primary N) is 1. The van der Waals surface area contributed by atoms with Crippen LogP contribution >= 0.6 is 0 Å². The first-order valence-electron chi connectivity index (χ1n) is 4.80. The van der Waals surface area contributed by atoms with Crippen molar-refractivity contribution < 1.29 is 9.90 Å². The van der Waals surface area contributed by atoms with E-state index in [1.54, 1.807) is 6.07 Å². The van der Waals surface area contributed by atoms with Gasteiger partial charge in [0.1, 0.15) is 0 Å². The molecular weight excluding hydrogens is 194 g/mol. The fraction of sp³-hybridized carbons (Fsp3) is 0.400. The Morgan fingerprint density at radius 3 is 2.93 bits per heavy atom. The molecule has 0 atom stereocenters. The number of nitrogens with zero attached hydrogens (tertiary/aromatic N) is 2. The van der Waals surface area contributed by atoms with Gasteiger partial charge in [-0.25, -0.2) is 0 Å². The molecule has 0 saturated heterocycles. The van der Waals surface area contributed by atoms with Crippen LogP contribution in [0.3, 0.4) is 0 Å². The molecule has 1 heterocycles. The molecular formula is C10H15N3O2. The normalized spacial score (nSPS) is 10.0. The van der Waals surface area contributed by atoms with Crippen LogP contribution < -0.4 is 5.73 Å². The summed E-state index contributed by atoms with van der Waals surface area (Å²) in [5, 5.41) is 8.80. The summed E-state index contributed by atoms with van der Waals surface area (Å²) < 4.78 is 0. The molecule has 82 valence electrons. The Balaban J connectivity index is 2.88. The molecule has 0 saturated carbocycles. The number of hydrogen-bond acceptors (Lipinski definition) is 4. The number of aliphatic hydroxyl groups is 1. The van der Waals surface area contributed by atoms with E-state index < -0.39 is 0 Å². The summed E-state index contributed by atoms with van der Waals surface area (Å²) in [6.45, 7) is 2.66. The average Bonchev–Trinajstić information content (AvgIpc) is 2.25. The Morgan fingerprint density at radius 2 is 2.40 bits per heavy atom. The standard InChI is InChI=1S/C10H15N3O2/c1-2-13(5-6-14)10(15)8-3-4-12-7-9(8)11/h3-4,7,14H,2,5-6,11H2,1H3. The number of carbonyl (C=O) groups is 1. The molecule has 0 bridgehead atoms. The number of hydrogen-bond donors (Lipinski definition) is 2. The highest BCUT2D eigenvalue weighted by atomic mass is 16.3. The quantitative estimate of drug-likeness (QED) is 0.738. The number of carbonyl (C=O) groups excluding carboxylic acids is 1. The number of anilines is 1. The predicted octanol–water partition coefficient (Wildman–Crippen LogP) is 0.118. The van der Waals surface area contributed by atoms with Crippen molar-refractivity contribution in [2.24, 2.45) is 0 Å². The molecule has 5 heteroatoms. The molecule has 0 aromatic carbocycles. The van der Waals surface area contributed by atoms with Gasteiger partial charge in [0, 0.05) is 19.3 Å². The van der Waals surface area contributed by atoms with E-state index in [9.17, 15) is 4.79 Å². The van der Waals surface area contributed by atoms with Crippen LogP contribution in [0.1, 0.15) is 17.3 Å². The van der Waals surface area contributed by atoms with Crippen molar-refractivity contribution >= 4 is 11.6 Å². The van der Waals surface area contributed by atoms with E-state index in [4.69, 9.17) is 10.8 Å². The van der Waals surface area contributed by atoms with Gasteiger partial charge in [-0.1, -0.05) is 0 Å². The van der Waals surface area contributed by atoms with Crippen LogP contribution in [0.25, 0.3) is 0 Å². The molecule has 1 aromatic rings. The van der Waals surface area contributed by atoms with Crippen molar-refractivity contribution in [2.45, 2.75) is 6.92 Å². The molecule has 1 rings (SSSR count). The lowest BCUT2D eigenvalue weighted by Gasteiger charge is -2.20. The third-order valence-corrected chi connectivity index (χ3v) is 2.12. The van der Waals surface area contributed by atoms with E-state index in [0.717, 1.165) is 0 Å². The zero-order chi connectivity index (χ0) is 11.3. The molecule has 0 aliphatic rings. The number of aromatic nitrogens is 1. The molecule has 1 amide bonds. The highest BCUT2D eigenvalue weighted by Crippen LogP contribution is 2.11. The molecule has 0 aliphatic heterocycles. The topological polar surface area (TPSA) is 79.5 Å². The number of pyridine rings is 1. The largest absolute Gasteiger partial charge is 0.397 e.